The number of methoxy groups -OCH3 is 1. The molecule has 0 saturated heterocycles. The second-order valence-corrected chi connectivity index (χ2v) is 7.43. The normalized spacial score (nSPS) is 11.1. The summed E-state index contributed by atoms with van der Waals surface area (Å²) in [6, 6.07) is 13.2. The maximum atomic E-state index is 12.1. The molecule has 2 rings (SSSR count). The Hall–Kier alpha value is -2.09. The number of carbonyl (C=O) groups excluding carboxylic acids is 1. The lowest BCUT2D eigenvalue weighted by atomic mass is 10.2. The molecule has 0 bridgehead atoms. The number of halogens is 1. The highest BCUT2D eigenvalue weighted by Crippen LogP contribution is 2.15. The molecule has 0 atom stereocenters. The van der Waals surface area contributed by atoms with E-state index in [1.807, 2.05) is 6.07 Å². The van der Waals surface area contributed by atoms with Gasteiger partial charge in [-0.15, -0.1) is 0 Å². The zero-order valence-electron chi connectivity index (χ0n) is 13.7. The van der Waals surface area contributed by atoms with Crippen molar-refractivity contribution in [2.24, 2.45) is 0 Å². The number of ether oxygens (including phenoxy) is 1. The summed E-state index contributed by atoms with van der Waals surface area (Å²) in [5, 5.41) is 3.31. The van der Waals surface area contributed by atoms with Crippen LogP contribution in [0.25, 0.3) is 0 Å². The zero-order valence-corrected chi connectivity index (χ0v) is 15.2. The van der Waals surface area contributed by atoms with E-state index in [0.29, 0.717) is 17.3 Å². The predicted molar refractivity (Wildman–Crippen MR) is 96.1 cm³/mol. The average molecular weight is 383 g/mol. The summed E-state index contributed by atoms with van der Waals surface area (Å²) >= 11 is 5.87. The van der Waals surface area contributed by atoms with Gasteiger partial charge in [0.2, 0.25) is 15.9 Å². The summed E-state index contributed by atoms with van der Waals surface area (Å²) in [5.41, 5.74) is 0.875. The summed E-state index contributed by atoms with van der Waals surface area (Å²) in [6.07, 6.45) is 0.0376. The Morgan fingerprint density at radius 2 is 1.88 bits per heavy atom. The molecule has 0 aliphatic rings. The molecule has 2 aromatic carbocycles. The van der Waals surface area contributed by atoms with E-state index in [9.17, 15) is 13.2 Å². The first-order valence-electron chi connectivity index (χ1n) is 7.55. The van der Waals surface area contributed by atoms with E-state index in [1.54, 1.807) is 30.3 Å². The molecule has 1 amide bonds. The monoisotopic (exact) mass is 382 g/mol. The fourth-order valence-corrected chi connectivity index (χ4v) is 3.32. The van der Waals surface area contributed by atoms with Crippen molar-refractivity contribution in [2.45, 2.75) is 17.9 Å². The molecule has 8 heteroatoms. The van der Waals surface area contributed by atoms with Crippen molar-refractivity contribution >= 4 is 27.5 Å². The number of carbonyl (C=O) groups is 1. The van der Waals surface area contributed by atoms with Crippen molar-refractivity contribution in [1.82, 2.24) is 10.0 Å². The maximum Gasteiger partial charge on any atom is 0.240 e. The number of sulfonamides is 1. The third kappa shape index (κ3) is 6.04. The van der Waals surface area contributed by atoms with Crippen LogP contribution in [0.4, 0.5) is 0 Å². The fourth-order valence-electron chi connectivity index (χ4n) is 2.07. The Balaban J connectivity index is 1.79. The van der Waals surface area contributed by atoms with Gasteiger partial charge in [0.25, 0.3) is 0 Å². The largest absolute Gasteiger partial charge is 0.497 e. The van der Waals surface area contributed by atoms with Gasteiger partial charge in [-0.05, 0) is 42.0 Å². The van der Waals surface area contributed by atoms with Gasteiger partial charge in [0.1, 0.15) is 5.75 Å². The summed E-state index contributed by atoms with van der Waals surface area (Å²) in [6.45, 7) is 0.348. The minimum atomic E-state index is -3.66. The molecule has 0 radical (unpaired) electrons. The molecule has 0 saturated carbocycles. The lowest BCUT2D eigenvalue weighted by Gasteiger charge is -2.08. The summed E-state index contributed by atoms with van der Waals surface area (Å²) in [7, 11) is -2.15. The first-order valence-corrected chi connectivity index (χ1v) is 9.42. The molecule has 2 N–H and O–H groups in total. The molecule has 0 aliphatic carbocycles. The van der Waals surface area contributed by atoms with Gasteiger partial charge < -0.3 is 10.1 Å². The second kappa shape index (κ2) is 8.84. The zero-order chi connectivity index (χ0) is 18.3. The van der Waals surface area contributed by atoms with Crippen LogP contribution >= 0.6 is 11.6 Å². The van der Waals surface area contributed by atoms with Gasteiger partial charge in [-0.2, -0.15) is 0 Å². The molecule has 25 heavy (non-hydrogen) atoms. The Labute approximate surface area is 152 Å². The maximum absolute atomic E-state index is 12.1. The van der Waals surface area contributed by atoms with Crippen LogP contribution in [0.2, 0.25) is 5.02 Å². The fraction of sp³-hybridized carbons (Fsp3) is 0.235. The van der Waals surface area contributed by atoms with Crippen molar-refractivity contribution < 1.29 is 17.9 Å². The third-order valence-electron chi connectivity index (χ3n) is 3.39. The molecule has 0 aromatic heterocycles. The van der Waals surface area contributed by atoms with Gasteiger partial charge in [-0.25, -0.2) is 13.1 Å². The second-order valence-electron chi connectivity index (χ2n) is 5.23. The average Bonchev–Trinajstić information content (AvgIpc) is 2.60. The van der Waals surface area contributed by atoms with Crippen LogP contribution in [-0.4, -0.2) is 28.0 Å². The van der Waals surface area contributed by atoms with Gasteiger partial charge in [0.15, 0.2) is 0 Å². The van der Waals surface area contributed by atoms with E-state index in [4.69, 9.17) is 16.3 Å². The standard InChI is InChI=1S/C17H19ClN2O4S/c1-24-15-5-7-16(8-6-15)25(22,23)20-10-9-17(21)19-12-13-3-2-4-14(18)11-13/h2-8,11,20H,9-10,12H2,1H3,(H,19,21). The number of benzene rings is 2. The molecule has 6 nitrogen and oxygen atoms in total. The summed E-state index contributed by atoms with van der Waals surface area (Å²) in [5.74, 6) is 0.316. The number of hydrogen-bond donors (Lipinski definition) is 2. The summed E-state index contributed by atoms with van der Waals surface area (Å²) in [4.78, 5) is 11.9. The van der Waals surface area contributed by atoms with Crippen LogP contribution in [0, 0.1) is 0 Å². The highest BCUT2D eigenvalue weighted by Gasteiger charge is 2.14. The Kier molecular flexibility index (Phi) is 6.81. The predicted octanol–water partition coefficient (Wildman–Crippen LogP) is 2.33. The van der Waals surface area contributed by atoms with Crippen molar-refractivity contribution in [2.75, 3.05) is 13.7 Å². The van der Waals surface area contributed by atoms with Gasteiger partial charge in [-0.3, -0.25) is 4.79 Å². The SMILES string of the molecule is COc1ccc(S(=O)(=O)NCCC(=O)NCc2cccc(Cl)c2)cc1. The Bertz CT molecular complexity index is 823. The van der Waals surface area contributed by atoms with Gasteiger partial charge in [0.05, 0.1) is 12.0 Å². The first kappa shape index (κ1) is 19.2. The van der Waals surface area contributed by atoms with Gasteiger partial charge in [-0.1, -0.05) is 23.7 Å². The highest BCUT2D eigenvalue weighted by atomic mass is 35.5. The van der Waals surface area contributed by atoms with Crippen LogP contribution in [0.3, 0.4) is 0 Å². The Morgan fingerprint density at radius 3 is 2.52 bits per heavy atom. The van der Waals surface area contributed by atoms with E-state index < -0.39 is 10.0 Å². The highest BCUT2D eigenvalue weighted by molar-refractivity contribution is 7.89. The molecule has 134 valence electrons. The first-order chi connectivity index (χ1) is 11.9. The van der Waals surface area contributed by atoms with Crippen LogP contribution in [-0.2, 0) is 21.4 Å². The molecule has 0 heterocycles. The van der Waals surface area contributed by atoms with Crippen LogP contribution in [0.1, 0.15) is 12.0 Å². The molecule has 2 aromatic rings. The lowest BCUT2D eigenvalue weighted by Crippen LogP contribution is -2.30. The van der Waals surface area contributed by atoms with Crippen molar-refractivity contribution in [3.63, 3.8) is 0 Å². The number of rotatable bonds is 8. The molecule has 0 unspecified atom stereocenters. The molecule has 0 aliphatic heterocycles. The van der Waals surface area contributed by atoms with E-state index >= 15 is 0 Å². The van der Waals surface area contributed by atoms with E-state index in [1.165, 1.54) is 19.2 Å². The molecular weight excluding hydrogens is 364 g/mol. The van der Waals surface area contributed by atoms with Crippen molar-refractivity contribution in [3.8, 4) is 5.75 Å². The molecular formula is C17H19ClN2O4S. The number of nitrogens with one attached hydrogen (secondary N) is 2. The van der Waals surface area contributed by atoms with Crippen LogP contribution in [0.15, 0.2) is 53.4 Å². The van der Waals surface area contributed by atoms with Crippen molar-refractivity contribution in [3.05, 3.63) is 59.1 Å². The number of hydrogen-bond acceptors (Lipinski definition) is 4. The van der Waals surface area contributed by atoms with Crippen molar-refractivity contribution in [1.29, 1.82) is 0 Å². The molecule has 0 fully saturated rings. The van der Waals surface area contributed by atoms with E-state index in [0.717, 1.165) is 5.56 Å². The smallest absolute Gasteiger partial charge is 0.240 e. The quantitative estimate of drug-likeness (QED) is 0.733. The number of amides is 1. The molecule has 0 spiro atoms. The van der Waals surface area contributed by atoms with Crippen LogP contribution in [0.5, 0.6) is 5.75 Å². The summed E-state index contributed by atoms with van der Waals surface area (Å²) < 4.78 is 31.7. The lowest BCUT2D eigenvalue weighted by molar-refractivity contribution is -0.121. The Morgan fingerprint density at radius 1 is 1.16 bits per heavy atom. The minimum absolute atomic E-state index is 0.00966. The van der Waals surface area contributed by atoms with Crippen LogP contribution < -0.4 is 14.8 Å². The minimum Gasteiger partial charge on any atom is -0.497 e. The van der Waals surface area contributed by atoms with E-state index in [2.05, 4.69) is 10.0 Å². The van der Waals surface area contributed by atoms with Gasteiger partial charge >= 0.3 is 0 Å². The topological polar surface area (TPSA) is 84.5 Å². The third-order valence-corrected chi connectivity index (χ3v) is 5.10. The van der Waals surface area contributed by atoms with Gasteiger partial charge in [0, 0.05) is 24.5 Å². The van der Waals surface area contributed by atoms with E-state index in [-0.39, 0.29) is 23.8 Å².